The van der Waals surface area contributed by atoms with Gasteiger partial charge in [-0.25, -0.2) is 4.98 Å². The zero-order valence-electron chi connectivity index (χ0n) is 14.0. The van der Waals surface area contributed by atoms with Gasteiger partial charge in [0.1, 0.15) is 11.1 Å². The van der Waals surface area contributed by atoms with Crippen LogP contribution in [0.3, 0.4) is 0 Å². The van der Waals surface area contributed by atoms with Gasteiger partial charge in [0, 0.05) is 24.4 Å². The molecule has 1 aromatic carbocycles. The normalized spacial score (nSPS) is 10.3. The number of methoxy groups -OCH3 is 1. The lowest BCUT2D eigenvalue weighted by Crippen LogP contribution is -2.24. The monoisotopic (exact) mass is 375 g/mol. The van der Waals surface area contributed by atoms with Gasteiger partial charge in [0.2, 0.25) is 5.91 Å². The number of nitriles is 1. The standard InChI is InChI=1S/C18H18ClN3O2S/c1-12-7-14(10-24-2)16(8-20)18(22-12)25-11-17(23)21-9-13-3-5-15(19)6-4-13/h3-7H,9-11H2,1-2H3,(H,21,23). The molecule has 0 aliphatic rings. The molecule has 0 aliphatic carbocycles. The summed E-state index contributed by atoms with van der Waals surface area (Å²) in [5, 5.41) is 13.4. The molecule has 0 aliphatic heterocycles. The van der Waals surface area contributed by atoms with E-state index in [1.165, 1.54) is 11.8 Å². The number of rotatable bonds is 7. The second kappa shape index (κ2) is 9.42. The molecule has 1 heterocycles. The van der Waals surface area contributed by atoms with Crippen molar-refractivity contribution in [2.75, 3.05) is 12.9 Å². The number of benzene rings is 1. The molecule has 0 radical (unpaired) electrons. The maximum absolute atomic E-state index is 12.1. The predicted octanol–water partition coefficient (Wildman–Crippen LogP) is 3.47. The van der Waals surface area contributed by atoms with E-state index in [9.17, 15) is 10.1 Å². The highest BCUT2D eigenvalue weighted by molar-refractivity contribution is 8.00. The molecule has 0 fully saturated rings. The van der Waals surface area contributed by atoms with Crippen LogP contribution in [-0.4, -0.2) is 23.8 Å². The Kier molecular flexibility index (Phi) is 7.26. The van der Waals surface area contributed by atoms with Crippen LogP contribution in [0.5, 0.6) is 0 Å². The first-order chi connectivity index (χ1) is 12.0. The summed E-state index contributed by atoms with van der Waals surface area (Å²) in [6.07, 6.45) is 0. The molecule has 0 saturated carbocycles. The van der Waals surface area contributed by atoms with Crippen LogP contribution in [-0.2, 0) is 22.7 Å². The molecule has 1 amide bonds. The first kappa shape index (κ1) is 19.3. The summed E-state index contributed by atoms with van der Waals surface area (Å²) < 4.78 is 5.13. The molecule has 0 saturated heterocycles. The van der Waals surface area contributed by atoms with Gasteiger partial charge in [-0.15, -0.1) is 0 Å². The highest BCUT2D eigenvalue weighted by atomic mass is 35.5. The van der Waals surface area contributed by atoms with Crippen LogP contribution in [0.4, 0.5) is 0 Å². The third kappa shape index (κ3) is 5.75. The van der Waals surface area contributed by atoms with Crippen molar-refractivity contribution in [2.45, 2.75) is 25.1 Å². The number of halogens is 1. The summed E-state index contributed by atoms with van der Waals surface area (Å²) in [4.78, 5) is 16.4. The lowest BCUT2D eigenvalue weighted by molar-refractivity contribution is -0.118. The molecule has 7 heteroatoms. The maximum atomic E-state index is 12.1. The highest BCUT2D eigenvalue weighted by Gasteiger charge is 2.13. The Hall–Kier alpha value is -2.07. The lowest BCUT2D eigenvalue weighted by atomic mass is 10.1. The quantitative estimate of drug-likeness (QED) is 0.750. The minimum Gasteiger partial charge on any atom is -0.380 e. The summed E-state index contributed by atoms with van der Waals surface area (Å²) in [6, 6.07) is 11.3. The van der Waals surface area contributed by atoms with Gasteiger partial charge in [0.05, 0.1) is 17.9 Å². The van der Waals surface area contributed by atoms with E-state index in [0.717, 1.165) is 16.8 Å². The molecule has 0 spiro atoms. The number of amides is 1. The maximum Gasteiger partial charge on any atom is 0.230 e. The van der Waals surface area contributed by atoms with Crippen molar-refractivity contribution in [2.24, 2.45) is 0 Å². The van der Waals surface area contributed by atoms with Crippen molar-refractivity contribution in [3.05, 3.63) is 57.7 Å². The van der Waals surface area contributed by atoms with E-state index >= 15 is 0 Å². The van der Waals surface area contributed by atoms with E-state index in [2.05, 4.69) is 16.4 Å². The van der Waals surface area contributed by atoms with Crippen LogP contribution in [0.15, 0.2) is 35.4 Å². The Labute approximate surface area is 156 Å². The zero-order valence-corrected chi connectivity index (χ0v) is 15.6. The number of aromatic nitrogens is 1. The van der Waals surface area contributed by atoms with E-state index < -0.39 is 0 Å². The van der Waals surface area contributed by atoms with E-state index in [1.807, 2.05) is 25.1 Å². The lowest BCUT2D eigenvalue weighted by Gasteiger charge is -2.10. The summed E-state index contributed by atoms with van der Waals surface area (Å²) in [5.41, 5.74) is 3.00. The molecule has 130 valence electrons. The number of hydrogen-bond acceptors (Lipinski definition) is 5. The second-order valence-electron chi connectivity index (χ2n) is 5.34. The van der Waals surface area contributed by atoms with Gasteiger partial charge in [-0.3, -0.25) is 4.79 Å². The number of nitrogens with one attached hydrogen (secondary N) is 1. The van der Waals surface area contributed by atoms with E-state index in [1.54, 1.807) is 19.2 Å². The fraction of sp³-hybridized carbons (Fsp3) is 0.278. The van der Waals surface area contributed by atoms with Crippen molar-refractivity contribution in [3.8, 4) is 6.07 Å². The fourth-order valence-corrected chi connectivity index (χ4v) is 3.22. The predicted molar refractivity (Wildman–Crippen MR) is 98.4 cm³/mol. The van der Waals surface area contributed by atoms with Crippen LogP contribution in [0, 0.1) is 18.3 Å². The summed E-state index contributed by atoms with van der Waals surface area (Å²) in [5.74, 6) is 0.0611. The molecular weight excluding hydrogens is 358 g/mol. The Morgan fingerprint density at radius 2 is 2.12 bits per heavy atom. The van der Waals surface area contributed by atoms with Crippen LogP contribution < -0.4 is 5.32 Å². The van der Waals surface area contributed by atoms with Crippen LogP contribution in [0.1, 0.15) is 22.4 Å². The van der Waals surface area contributed by atoms with E-state index in [4.69, 9.17) is 16.3 Å². The van der Waals surface area contributed by atoms with Crippen LogP contribution >= 0.6 is 23.4 Å². The third-order valence-electron chi connectivity index (χ3n) is 3.35. The molecule has 0 atom stereocenters. The Morgan fingerprint density at radius 3 is 2.76 bits per heavy atom. The first-order valence-electron chi connectivity index (χ1n) is 7.57. The molecule has 0 unspecified atom stereocenters. The van der Waals surface area contributed by atoms with Crippen LogP contribution in [0.2, 0.25) is 5.02 Å². The molecule has 25 heavy (non-hydrogen) atoms. The van der Waals surface area contributed by atoms with Crippen molar-refractivity contribution in [1.29, 1.82) is 5.26 Å². The van der Waals surface area contributed by atoms with Gasteiger partial charge >= 0.3 is 0 Å². The molecule has 0 bridgehead atoms. The van der Waals surface area contributed by atoms with Crippen molar-refractivity contribution < 1.29 is 9.53 Å². The van der Waals surface area contributed by atoms with Crippen molar-refractivity contribution in [3.63, 3.8) is 0 Å². The summed E-state index contributed by atoms with van der Waals surface area (Å²) >= 11 is 7.08. The van der Waals surface area contributed by atoms with Gasteiger partial charge < -0.3 is 10.1 Å². The van der Waals surface area contributed by atoms with Crippen LogP contribution in [0.25, 0.3) is 0 Å². The summed E-state index contributed by atoms with van der Waals surface area (Å²) in [6.45, 7) is 2.62. The molecule has 1 aromatic heterocycles. The average Bonchev–Trinajstić information content (AvgIpc) is 2.59. The van der Waals surface area contributed by atoms with E-state index in [-0.39, 0.29) is 11.7 Å². The number of hydrogen-bond donors (Lipinski definition) is 1. The molecule has 5 nitrogen and oxygen atoms in total. The van der Waals surface area contributed by atoms with Gasteiger partial charge in [-0.05, 0) is 36.2 Å². The molecule has 1 N–H and O–H groups in total. The number of thioether (sulfide) groups is 1. The first-order valence-corrected chi connectivity index (χ1v) is 8.93. The van der Waals surface area contributed by atoms with Gasteiger partial charge in [-0.1, -0.05) is 35.5 Å². The van der Waals surface area contributed by atoms with Crippen molar-refractivity contribution >= 4 is 29.3 Å². The fourth-order valence-electron chi connectivity index (χ4n) is 2.19. The number of ether oxygens (including phenoxy) is 1. The number of carbonyl (C=O) groups is 1. The smallest absolute Gasteiger partial charge is 0.230 e. The number of carbonyl (C=O) groups excluding carboxylic acids is 1. The van der Waals surface area contributed by atoms with Gasteiger partial charge in [0.25, 0.3) is 0 Å². The molecular formula is C18H18ClN3O2S. The Morgan fingerprint density at radius 1 is 1.40 bits per heavy atom. The largest absolute Gasteiger partial charge is 0.380 e. The minimum atomic E-state index is -0.125. The average molecular weight is 376 g/mol. The summed E-state index contributed by atoms with van der Waals surface area (Å²) in [7, 11) is 1.58. The number of nitrogens with zero attached hydrogens (tertiary/aromatic N) is 2. The molecule has 2 rings (SSSR count). The topological polar surface area (TPSA) is 75.0 Å². The third-order valence-corrected chi connectivity index (χ3v) is 4.58. The van der Waals surface area contributed by atoms with Gasteiger partial charge in [-0.2, -0.15) is 5.26 Å². The van der Waals surface area contributed by atoms with E-state index in [0.29, 0.717) is 28.8 Å². The van der Waals surface area contributed by atoms with Crippen molar-refractivity contribution in [1.82, 2.24) is 10.3 Å². The Balaban J connectivity index is 1.97. The molecule has 2 aromatic rings. The number of pyridine rings is 1. The SMILES string of the molecule is COCc1cc(C)nc(SCC(=O)NCc2ccc(Cl)cc2)c1C#N. The number of aryl methyl sites for hydroxylation is 1. The minimum absolute atomic E-state index is 0.125. The highest BCUT2D eigenvalue weighted by Crippen LogP contribution is 2.24. The van der Waals surface area contributed by atoms with Gasteiger partial charge in [0.15, 0.2) is 0 Å². The zero-order chi connectivity index (χ0) is 18.2. The second-order valence-corrected chi connectivity index (χ2v) is 6.74. The Bertz CT molecular complexity index is 788.